The Kier molecular flexibility index (Phi) is 5.31. The first kappa shape index (κ1) is 19.6. The van der Waals surface area contributed by atoms with Crippen LogP contribution >= 0.6 is 0 Å². The minimum Gasteiger partial charge on any atom is -0.278 e. The highest BCUT2D eigenvalue weighted by atomic mass is 32.2. The number of likely N-dealkylation sites (tertiary alicyclic amines) is 1. The Hall–Kier alpha value is -1.73. The van der Waals surface area contributed by atoms with Crippen LogP contribution in [0.15, 0.2) is 23.1 Å². The van der Waals surface area contributed by atoms with Crippen LogP contribution < -0.4 is 4.72 Å². The van der Waals surface area contributed by atoms with E-state index in [2.05, 4.69) is 4.72 Å². The van der Waals surface area contributed by atoms with Crippen LogP contribution in [0.3, 0.4) is 0 Å². The third-order valence-electron chi connectivity index (χ3n) is 6.49. The van der Waals surface area contributed by atoms with E-state index in [1.165, 1.54) is 4.90 Å². The lowest BCUT2D eigenvalue weighted by Gasteiger charge is -2.19. The van der Waals surface area contributed by atoms with Gasteiger partial charge in [0.05, 0.1) is 23.3 Å². The van der Waals surface area contributed by atoms with Crippen LogP contribution in [0.5, 0.6) is 0 Å². The van der Waals surface area contributed by atoms with Gasteiger partial charge in [-0.25, -0.2) is 13.1 Å². The zero-order valence-corrected chi connectivity index (χ0v) is 17.1. The van der Waals surface area contributed by atoms with Gasteiger partial charge in [0, 0.05) is 6.04 Å². The number of nitrogens with one attached hydrogen (secondary N) is 1. The van der Waals surface area contributed by atoms with E-state index in [1.54, 1.807) is 19.1 Å². The summed E-state index contributed by atoms with van der Waals surface area (Å²) in [6.45, 7) is 1.92. The third-order valence-corrected chi connectivity index (χ3v) is 8.15. The zero-order chi connectivity index (χ0) is 19.9. The van der Waals surface area contributed by atoms with Crippen molar-refractivity contribution in [1.29, 1.82) is 0 Å². The van der Waals surface area contributed by atoms with Gasteiger partial charge in [0.1, 0.15) is 0 Å². The van der Waals surface area contributed by atoms with E-state index < -0.39 is 10.0 Å². The predicted molar refractivity (Wildman–Crippen MR) is 105 cm³/mol. The van der Waals surface area contributed by atoms with Crippen LogP contribution in [-0.2, 0) is 26.2 Å². The van der Waals surface area contributed by atoms with Gasteiger partial charge in [0.2, 0.25) is 21.8 Å². The summed E-state index contributed by atoms with van der Waals surface area (Å²) >= 11 is 0. The number of rotatable bonds is 5. The number of hydrogen-bond acceptors (Lipinski definition) is 4. The highest BCUT2D eigenvalue weighted by Gasteiger charge is 2.47. The fourth-order valence-electron chi connectivity index (χ4n) is 4.93. The van der Waals surface area contributed by atoms with Gasteiger partial charge in [-0.2, -0.15) is 0 Å². The van der Waals surface area contributed by atoms with Crippen molar-refractivity contribution in [2.24, 2.45) is 11.8 Å². The van der Waals surface area contributed by atoms with Crippen molar-refractivity contribution in [2.75, 3.05) is 0 Å². The summed E-state index contributed by atoms with van der Waals surface area (Å²) in [5.74, 6) is -0.551. The Balaban J connectivity index is 1.55. The molecule has 1 N–H and O–H groups in total. The average molecular weight is 405 g/mol. The molecular weight excluding hydrogens is 376 g/mol. The van der Waals surface area contributed by atoms with Crippen LogP contribution in [0.4, 0.5) is 0 Å². The molecule has 0 unspecified atom stereocenters. The number of nitrogens with zero attached hydrogens (tertiary/aromatic N) is 1. The monoisotopic (exact) mass is 404 g/mol. The molecule has 0 spiro atoms. The summed E-state index contributed by atoms with van der Waals surface area (Å²) in [5, 5.41) is 0. The van der Waals surface area contributed by atoms with E-state index in [9.17, 15) is 18.0 Å². The van der Waals surface area contributed by atoms with Crippen molar-refractivity contribution >= 4 is 21.8 Å². The number of sulfonamides is 1. The second kappa shape index (κ2) is 7.59. The standard InChI is InChI=1S/C21H28N2O4S/c1-14-10-11-15(12-19(14)28(26,27)22-16-6-2-3-7-16)13-23-20(24)17-8-4-5-9-18(17)21(23)25/h10-12,16-18,22H,2-9,13H2,1H3/t17-,18+. The molecule has 7 heteroatoms. The van der Waals surface area contributed by atoms with Crippen LogP contribution in [-0.4, -0.2) is 31.2 Å². The number of imide groups is 1. The van der Waals surface area contributed by atoms with Gasteiger partial charge >= 0.3 is 0 Å². The number of carbonyl (C=O) groups is 2. The van der Waals surface area contributed by atoms with Crippen molar-refractivity contribution in [3.8, 4) is 0 Å². The quantitative estimate of drug-likeness (QED) is 0.765. The largest absolute Gasteiger partial charge is 0.278 e. The molecule has 1 saturated heterocycles. The number of benzene rings is 1. The molecule has 1 aromatic carbocycles. The van der Waals surface area contributed by atoms with E-state index in [0.717, 1.165) is 51.4 Å². The number of amides is 2. The highest BCUT2D eigenvalue weighted by molar-refractivity contribution is 7.89. The molecule has 2 aliphatic carbocycles. The Bertz CT molecular complexity index is 866. The lowest BCUT2D eigenvalue weighted by molar-refractivity contribution is -0.140. The summed E-state index contributed by atoms with van der Waals surface area (Å²) in [5.41, 5.74) is 1.35. The zero-order valence-electron chi connectivity index (χ0n) is 16.3. The smallest absolute Gasteiger partial charge is 0.241 e. The van der Waals surface area contributed by atoms with E-state index in [-0.39, 0.29) is 41.1 Å². The summed E-state index contributed by atoms with van der Waals surface area (Å²) in [7, 11) is -3.62. The van der Waals surface area contributed by atoms with E-state index in [0.29, 0.717) is 11.1 Å². The first-order valence-corrected chi connectivity index (χ1v) is 11.8. The van der Waals surface area contributed by atoms with E-state index >= 15 is 0 Å². The second-order valence-electron chi connectivity index (χ2n) is 8.46. The minimum atomic E-state index is -3.62. The van der Waals surface area contributed by atoms with Crippen LogP contribution in [0.2, 0.25) is 0 Å². The molecule has 2 saturated carbocycles. The summed E-state index contributed by atoms with van der Waals surface area (Å²) in [6, 6.07) is 5.19. The molecule has 1 heterocycles. The summed E-state index contributed by atoms with van der Waals surface area (Å²) < 4.78 is 28.6. The number of aryl methyl sites for hydroxylation is 1. The molecule has 2 atom stereocenters. The van der Waals surface area contributed by atoms with E-state index in [1.807, 2.05) is 6.07 Å². The molecule has 0 bridgehead atoms. The van der Waals surface area contributed by atoms with Gasteiger partial charge in [0.15, 0.2) is 0 Å². The topological polar surface area (TPSA) is 83.6 Å². The first-order valence-electron chi connectivity index (χ1n) is 10.3. The van der Waals surface area contributed by atoms with Crippen molar-refractivity contribution in [3.05, 3.63) is 29.3 Å². The van der Waals surface area contributed by atoms with Crippen LogP contribution in [0.1, 0.15) is 62.5 Å². The lowest BCUT2D eigenvalue weighted by atomic mass is 9.81. The average Bonchev–Trinajstić information content (AvgIpc) is 3.25. The molecule has 28 heavy (non-hydrogen) atoms. The molecule has 3 aliphatic rings. The fourth-order valence-corrected chi connectivity index (χ4v) is 6.53. The molecule has 0 aromatic heterocycles. The second-order valence-corrected chi connectivity index (χ2v) is 10.1. The first-order chi connectivity index (χ1) is 13.4. The fraction of sp³-hybridized carbons (Fsp3) is 0.619. The Labute approximate surface area is 166 Å². The number of fused-ring (bicyclic) bond motifs is 1. The lowest BCUT2D eigenvalue weighted by Crippen LogP contribution is -2.33. The third kappa shape index (κ3) is 3.62. The number of hydrogen-bond donors (Lipinski definition) is 1. The molecule has 1 aliphatic heterocycles. The van der Waals surface area contributed by atoms with Crippen molar-refractivity contribution in [3.63, 3.8) is 0 Å². The van der Waals surface area contributed by atoms with Gasteiger partial charge in [-0.05, 0) is 49.8 Å². The maximum absolute atomic E-state index is 12.9. The van der Waals surface area contributed by atoms with Gasteiger partial charge in [0.25, 0.3) is 0 Å². The van der Waals surface area contributed by atoms with Crippen molar-refractivity contribution in [2.45, 2.75) is 75.8 Å². The molecule has 6 nitrogen and oxygen atoms in total. The van der Waals surface area contributed by atoms with Crippen molar-refractivity contribution < 1.29 is 18.0 Å². The van der Waals surface area contributed by atoms with Gasteiger partial charge < -0.3 is 0 Å². The van der Waals surface area contributed by atoms with Gasteiger partial charge in [-0.1, -0.05) is 37.8 Å². The molecular formula is C21H28N2O4S. The Morgan fingerprint density at radius 3 is 2.14 bits per heavy atom. The predicted octanol–water partition coefficient (Wildman–Crippen LogP) is 2.89. The van der Waals surface area contributed by atoms with Gasteiger partial charge in [-0.15, -0.1) is 0 Å². The maximum atomic E-state index is 12.9. The molecule has 152 valence electrons. The summed E-state index contributed by atoms with van der Waals surface area (Å²) in [6.07, 6.45) is 7.40. The Morgan fingerprint density at radius 1 is 0.964 bits per heavy atom. The maximum Gasteiger partial charge on any atom is 0.241 e. The van der Waals surface area contributed by atoms with Crippen LogP contribution in [0.25, 0.3) is 0 Å². The Morgan fingerprint density at radius 2 is 1.54 bits per heavy atom. The summed E-state index contributed by atoms with van der Waals surface area (Å²) in [4.78, 5) is 27.0. The van der Waals surface area contributed by atoms with Crippen molar-refractivity contribution in [1.82, 2.24) is 9.62 Å². The number of carbonyl (C=O) groups excluding carboxylic acids is 2. The molecule has 4 rings (SSSR count). The highest BCUT2D eigenvalue weighted by Crippen LogP contribution is 2.38. The SMILES string of the molecule is Cc1ccc(CN2C(=O)[C@H]3CCCC[C@H]3C2=O)cc1S(=O)(=O)NC1CCCC1. The molecule has 2 amide bonds. The normalized spacial score (nSPS) is 26.1. The molecule has 0 radical (unpaired) electrons. The molecule has 3 fully saturated rings. The molecule has 1 aromatic rings. The van der Waals surface area contributed by atoms with E-state index in [4.69, 9.17) is 0 Å². The minimum absolute atomic E-state index is 0.00193. The van der Waals surface area contributed by atoms with Crippen LogP contribution in [0, 0.1) is 18.8 Å². The van der Waals surface area contributed by atoms with Gasteiger partial charge in [-0.3, -0.25) is 14.5 Å².